The molecule has 0 spiro atoms. The first-order valence-corrected chi connectivity index (χ1v) is 9.39. The highest BCUT2D eigenvalue weighted by atomic mass is 35.5. The molecular formula is C21H20ClN3O2. The van der Waals surface area contributed by atoms with Gasteiger partial charge in [0.1, 0.15) is 0 Å². The van der Waals surface area contributed by atoms with Gasteiger partial charge in [-0.25, -0.2) is 0 Å². The fraction of sp³-hybridized carbons (Fsp3) is 0.238. The number of halogens is 1. The van der Waals surface area contributed by atoms with E-state index < -0.39 is 0 Å². The van der Waals surface area contributed by atoms with Crippen molar-refractivity contribution in [3.05, 3.63) is 65.3 Å². The number of H-pyrrole nitrogens is 1. The van der Waals surface area contributed by atoms with Crippen LogP contribution in [0, 0.1) is 11.8 Å². The van der Waals surface area contributed by atoms with Crippen molar-refractivity contribution in [3.8, 4) is 0 Å². The largest absolute Gasteiger partial charge is 0.361 e. The number of carbonyl (C=O) groups excluding carboxylic acids is 2. The summed E-state index contributed by atoms with van der Waals surface area (Å²) in [7, 11) is 0. The summed E-state index contributed by atoms with van der Waals surface area (Å²) in [6.45, 7) is 0.558. The molecule has 2 atom stereocenters. The Morgan fingerprint density at radius 1 is 1.04 bits per heavy atom. The Morgan fingerprint density at radius 2 is 1.78 bits per heavy atom. The molecule has 2 unspecified atom stereocenters. The van der Waals surface area contributed by atoms with Crippen molar-refractivity contribution in [1.29, 1.82) is 0 Å². The molecule has 138 valence electrons. The highest BCUT2D eigenvalue weighted by Gasteiger charge is 2.47. The number of rotatable bonds is 6. The lowest BCUT2D eigenvalue weighted by molar-refractivity contribution is -0.125. The normalized spacial score (nSPS) is 18.3. The topological polar surface area (TPSA) is 74.0 Å². The molecule has 2 aromatic carbocycles. The number of aromatic amines is 1. The number of carbonyl (C=O) groups is 2. The lowest BCUT2D eigenvalue weighted by Gasteiger charge is -2.06. The maximum atomic E-state index is 12.3. The second-order valence-electron chi connectivity index (χ2n) is 6.85. The van der Waals surface area contributed by atoms with E-state index in [0.29, 0.717) is 23.7 Å². The predicted molar refractivity (Wildman–Crippen MR) is 107 cm³/mol. The summed E-state index contributed by atoms with van der Waals surface area (Å²) in [5, 5.41) is 7.58. The number of anilines is 1. The van der Waals surface area contributed by atoms with E-state index in [9.17, 15) is 9.59 Å². The molecule has 0 radical (unpaired) electrons. The van der Waals surface area contributed by atoms with E-state index in [2.05, 4.69) is 21.7 Å². The summed E-state index contributed by atoms with van der Waals surface area (Å²) in [5.74, 6) is -0.658. The minimum Gasteiger partial charge on any atom is -0.361 e. The molecule has 1 aliphatic rings. The number of aromatic nitrogens is 1. The van der Waals surface area contributed by atoms with Crippen molar-refractivity contribution in [2.24, 2.45) is 11.8 Å². The van der Waals surface area contributed by atoms with Crippen LogP contribution in [-0.4, -0.2) is 23.3 Å². The molecule has 3 N–H and O–H groups in total. The smallest absolute Gasteiger partial charge is 0.228 e. The van der Waals surface area contributed by atoms with Crippen LogP contribution in [0.1, 0.15) is 12.0 Å². The molecular weight excluding hydrogens is 362 g/mol. The number of fused-ring (bicyclic) bond motifs is 1. The molecule has 27 heavy (non-hydrogen) atoms. The first kappa shape index (κ1) is 17.6. The lowest BCUT2D eigenvalue weighted by atomic mass is 10.1. The van der Waals surface area contributed by atoms with Crippen LogP contribution in [0.5, 0.6) is 0 Å². The summed E-state index contributed by atoms with van der Waals surface area (Å²) in [5.41, 5.74) is 2.97. The third kappa shape index (κ3) is 3.98. The zero-order valence-electron chi connectivity index (χ0n) is 14.7. The van der Waals surface area contributed by atoms with Gasteiger partial charge < -0.3 is 15.6 Å². The Bertz CT molecular complexity index is 981. The number of amides is 2. The zero-order valence-corrected chi connectivity index (χ0v) is 15.4. The van der Waals surface area contributed by atoms with Crippen LogP contribution in [0.25, 0.3) is 10.9 Å². The van der Waals surface area contributed by atoms with E-state index in [4.69, 9.17) is 11.6 Å². The third-order valence-corrected chi connectivity index (χ3v) is 5.20. The van der Waals surface area contributed by atoms with Gasteiger partial charge in [0.2, 0.25) is 11.8 Å². The van der Waals surface area contributed by atoms with E-state index in [1.54, 1.807) is 24.3 Å². The van der Waals surface area contributed by atoms with Crippen molar-refractivity contribution in [3.63, 3.8) is 0 Å². The second kappa shape index (κ2) is 7.45. The summed E-state index contributed by atoms with van der Waals surface area (Å²) >= 11 is 5.84. The molecule has 0 aliphatic heterocycles. The summed E-state index contributed by atoms with van der Waals surface area (Å²) in [6, 6.07) is 15.0. The van der Waals surface area contributed by atoms with Crippen LogP contribution >= 0.6 is 11.6 Å². The minimum atomic E-state index is -0.256. The van der Waals surface area contributed by atoms with Gasteiger partial charge in [0.15, 0.2) is 0 Å². The van der Waals surface area contributed by atoms with Gasteiger partial charge in [0.25, 0.3) is 0 Å². The number of hydrogen-bond donors (Lipinski definition) is 3. The molecule has 5 nitrogen and oxygen atoms in total. The Balaban J connectivity index is 1.25. The van der Waals surface area contributed by atoms with Crippen LogP contribution in [0.2, 0.25) is 5.02 Å². The molecule has 2 amide bonds. The highest BCUT2D eigenvalue weighted by molar-refractivity contribution is 6.30. The molecule has 3 aromatic rings. The van der Waals surface area contributed by atoms with Gasteiger partial charge in [-0.3, -0.25) is 9.59 Å². The number of para-hydroxylation sites is 1. The first-order chi connectivity index (χ1) is 13.1. The van der Waals surface area contributed by atoms with Crippen LogP contribution in [0.3, 0.4) is 0 Å². The Kier molecular flexibility index (Phi) is 4.86. The number of benzene rings is 2. The van der Waals surface area contributed by atoms with Gasteiger partial charge in [0.05, 0.1) is 11.8 Å². The Labute approximate surface area is 162 Å². The quantitative estimate of drug-likeness (QED) is 0.608. The van der Waals surface area contributed by atoms with Crippen molar-refractivity contribution in [2.45, 2.75) is 12.8 Å². The maximum absolute atomic E-state index is 12.3. The summed E-state index contributed by atoms with van der Waals surface area (Å²) in [6.07, 6.45) is 3.33. The first-order valence-electron chi connectivity index (χ1n) is 9.01. The third-order valence-electron chi connectivity index (χ3n) is 4.94. The minimum absolute atomic E-state index is 0.0499. The van der Waals surface area contributed by atoms with Crippen LogP contribution in [0.15, 0.2) is 54.7 Å². The van der Waals surface area contributed by atoms with Gasteiger partial charge in [-0.05, 0) is 48.7 Å². The zero-order chi connectivity index (χ0) is 18.8. The SMILES string of the molecule is O=C(NCCc1c[nH]c2ccccc12)C1CC1C(=O)Nc1ccc(Cl)cc1. The predicted octanol–water partition coefficient (Wildman–Crippen LogP) is 3.75. The maximum Gasteiger partial charge on any atom is 0.228 e. The molecule has 0 saturated heterocycles. The molecule has 1 fully saturated rings. The van der Waals surface area contributed by atoms with Gasteiger partial charge in [-0.2, -0.15) is 0 Å². The fourth-order valence-electron chi connectivity index (χ4n) is 3.33. The van der Waals surface area contributed by atoms with Crippen molar-refractivity contribution in [1.82, 2.24) is 10.3 Å². The Morgan fingerprint density at radius 3 is 2.59 bits per heavy atom. The van der Waals surface area contributed by atoms with E-state index in [1.807, 2.05) is 24.4 Å². The van der Waals surface area contributed by atoms with Crippen LogP contribution in [-0.2, 0) is 16.0 Å². The monoisotopic (exact) mass is 381 g/mol. The van der Waals surface area contributed by atoms with Crippen LogP contribution in [0.4, 0.5) is 5.69 Å². The van der Waals surface area contributed by atoms with Crippen molar-refractivity contribution >= 4 is 40.0 Å². The standard InChI is InChI=1S/C21H20ClN3O2/c22-14-5-7-15(8-6-14)25-21(27)18-11-17(18)20(26)23-10-9-13-12-24-19-4-2-1-3-16(13)19/h1-8,12,17-18,24H,9-11H2,(H,23,26)(H,25,27). The van der Waals surface area contributed by atoms with Crippen molar-refractivity contribution < 1.29 is 9.59 Å². The highest BCUT2D eigenvalue weighted by Crippen LogP contribution is 2.39. The summed E-state index contributed by atoms with van der Waals surface area (Å²) in [4.78, 5) is 27.8. The molecule has 1 heterocycles. The molecule has 0 bridgehead atoms. The van der Waals surface area contributed by atoms with E-state index in [0.717, 1.165) is 11.9 Å². The van der Waals surface area contributed by atoms with E-state index in [-0.39, 0.29) is 23.7 Å². The molecule has 1 aromatic heterocycles. The van der Waals surface area contributed by atoms with Gasteiger partial charge in [-0.15, -0.1) is 0 Å². The van der Waals surface area contributed by atoms with Gasteiger partial charge in [0, 0.05) is 34.4 Å². The summed E-state index contributed by atoms with van der Waals surface area (Å²) < 4.78 is 0. The second-order valence-corrected chi connectivity index (χ2v) is 7.28. The number of hydrogen-bond acceptors (Lipinski definition) is 2. The average Bonchev–Trinajstić information content (AvgIpc) is 3.39. The average molecular weight is 382 g/mol. The Hall–Kier alpha value is -2.79. The van der Waals surface area contributed by atoms with Gasteiger partial charge >= 0.3 is 0 Å². The molecule has 1 aliphatic carbocycles. The van der Waals surface area contributed by atoms with E-state index in [1.165, 1.54) is 10.9 Å². The van der Waals surface area contributed by atoms with Crippen LogP contribution < -0.4 is 10.6 Å². The molecule has 4 rings (SSSR count). The molecule has 6 heteroatoms. The van der Waals surface area contributed by atoms with E-state index >= 15 is 0 Å². The van der Waals surface area contributed by atoms with Crippen molar-refractivity contribution in [2.75, 3.05) is 11.9 Å². The fourth-order valence-corrected chi connectivity index (χ4v) is 3.46. The lowest BCUT2D eigenvalue weighted by Crippen LogP contribution is -2.29. The molecule has 1 saturated carbocycles. The van der Waals surface area contributed by atoms with Gasteiger partial charge in [-0.1, -0.05) is 29.8 Å². The number of nitrogens with one attached hydrogen (secondary N) is 3.